The smallest absolute Gasteiger partial charge is 0.255 e. The molecule has 2 amide bonds. The molecule has 34 heavy (non-hydrogen) atoms. The van der Waals surface area contributed by atoms with Crippen LogP contribution in [0.25, 0.3) is 22.2 Å². The van der Waals surface area contributed by atoms with Crippen LogP contribution >= 0.6 is 0 Å². The number of para-hydroxylation sites is 1. The van der Waals surface area contributed by atoms with Gasteiger partial charge in [-0.1, -0.05) is 73.2 Å². The number of amides is 2. The monoisotopic (exact) mass is 451 g/mol. The normalized spacial score (nSPS) is 16.0. The molecule has 0 spiro atoms. The van der Waals surface area contributed by atoms with Crippen LogP contribution in [-0.4, -0.2) is 34.3 Å². The largest absolute Gasteiger partial charge is 0.354 e. The van der Waals surface area contributed by atoms with Gasteiger partial charge in [0.25, 0.3) is 5.91 Å². The van der Waals surface area contributed by atoms with Crippen molar-refractivity contribution in [3.8, 4) is 11.3 Å². The molecule has 0 bridgehead atoms. The van der Waals surface area contributed by atoms with Gasteiger partial charge in [-0.15, -0.1) is 0 Å². The van der Waals surface area contributed by atoms with Crippen molar-refractivity contribution in [3.05, 3.63) is 95.1 Å². The molecule has 2 N–H and O–H groups in total. The van der Waals surface area contributed by atoms with Crippen molar-refractivity contribution in [2.24, 2.45) is 0 Å². The van der Waals surface area contributed by atoms with Crippen LogP contribution in [0, 0.1) is 6.92 Å². The number of nitrogens with zero attached hydrogens (tertiary/aromatic N) is 1. The molecule has 2 heterocycles. The number of aryl methyl sites for hydroxylation is 1. The van der Waals surface area contributed by atoms with Gasteiger partial charge in [0, 0.05) is 28.6 Å². The lowest BCUT2D eigenvalue weighted by Crippen LogP contribution is -2.47. The summed E-state index contributed by atoms with van der Waals surface area (Å²) in [5, 5.41) is 4.03. The maximum absolute atomic E-state index is 13.7. The average Bonchev–Trinajstić information content (AvgIpc) is 3.37. The lowest BCUT2D eigenvalue weighted by molar-refractivity contribution is -0.125. The first kappa shape index (κ1) is 22.0. The van der Waals surface area contributed by atoms with Crippen molar-refractivity contribution < 1.29 is 9.59 Å². The van der Waals surface area contributed by atoms with E-state index in [9.17, 15) is 9.59 Å². The van der Waals surface area contributed by atoms with Crippen LogP contribution in [0.3, 0.4) is 0 Å². The van der Waals surface area contributed by atoms with Crippen LogP contribution < -0.4 is 5.32 Å². The molecule has 0 radical (unpaired) electrons. The zero-order chi connectivity index (χ0) is 23.8. The van der Waals surface area contributed by atoms with Gasteiger partial charge in [0.05, 0.1) is 11.7 Å². The minimum atomic E-state index is -0.615. The lowest BCUT2D eigenvalue weighted by atomic mass is 9.92. The van der Waals surface area contributed by atoms with E-state index in [0.29, 0.717) is 12.1 Å². The number of benzene rings is 3. The van der Waals surface area contributed by atoms with Crippen LogP contribution in [0.15, 0.2) is 72.8 Å². The Labute approximate surface area is 199 Å². The Morgan fingerprint density at radius 1 is 1.03 bits per heavy atom. The van der Waals surface area contributed by atoms with E-state index in [-0.39, 0.29) is 17.9 Å². The Morgan fingerprint density at radius 2 is 1.74 bits per heavy atom. The fraction of sp³-hybridized carbons (Fsp3) is 0.241. The Kier molecular flexibility index (Phi) is 5.70. The predicted molar refractivity (Wildman–Crippen MR) is 136 cm³/mol. The van der Waals surface area contributed by atoms with Gasteiger partial charge in [-0.3, -0.25) is 9.59 Å². The molecule has 5 nitrogen and oxygen atoms in total. The lowest BCUT2D eigenvalue weighted by Gasteiger charge is -2.31. The standard InChI is InChI=1S/C29H29N3O2/c1-4-17-30-28(33)19(3)32-27(21-9-5-6-10-22(21)29(32)34)25-23-11-7-8-12-24(23)31-26(25)20-15-13-18(2)14-16-20/h5-16,19,27,31H,4,17H2,1-3H3,(H,30,33)/t19-,27-/m1/s1. The molecule has 5 heteroatoms. The zero-order valence-electron chi connectivity index (χ0n) is 19.8. The summed E-state index contributed by atoms with van der Waals surface area (Å²) in [7, 11) is 0. The summed E-state index contributed by atoms with van der Waals surface area (Å²) in [6.45, 7) is 6.50. The van der Waals surface area contributed by atoms with Gasteiger partial charge < -0.3 is 15.2 Å². The number of aromatic nitrogens is 1. The minimum absolute atomic E-state index is 0.111. The summed E-state index contributed by atoms with van der Waals surface area (Å²) >= 11 is 0. The highest BCUT2D eigenvalue weighted by atomic mass is 16.2. The van der Waals surface area contributed by atoms with E-state index in [1.807, 2.05) is 50.2 Å². The second-order valence-electron chi connectivity index (χ2n) is 8.99. The first-order chi connectivity index (χ1) is 16.5. The number of carbonyl (C=O) groups is 2. The summed E-state index contributed by atoms with van der Waals surface area (Å²) in [5.74, 6) is -0.246. The molecule has 2 atom stereocenters. The molecule has 1 aliphatic rings. The van der Waals surface area contributed by atoms with Crippen LogP contribution in [-0.2, 0) is 4.79 Å². The fourth-order valence-electron chi connectivity index (χ4n) is 4.95. The molecule has 5 rings (SSSR count). The van der Waals surface area contributed by atoms with Gasteiger partial charge >= 0.3 is 0 Å². The van der Waals surface area contributed by atoms with E-state index >= 15 is 0 Å². The van der Waals surface area contributed by atoms with Gasteiger partial charge in [0.1, 0.15) is 6.04 Å². The van der Waals surface area contributed by atoms with E-state index < -0.39 is 6.04 Å². The first-order valence-electron chi connectivity index (χ1n) is 11.9. The Hall–Kier alpha value is -3.86. The number of H-pyrrole nitrogens is 1. The Balaban J connectivity index is 1.74. The molecular weight excluding hydrogens is 422 g/mol. The van der Waals surface area contributed by atoms with Gasteiger partial charge in [0.2, 0.25) is 5.91 Å². The predicted octanol–water partition coefficient (Wildman–Crippen LogP) is 5.60. The van der Waals surface area contributed by atoms with Crippen molar-refractivity contribution in [1.82, 2.24) is 15.2 Å². The summed E-state index contributed by atoms with van der Waals surface area (Å²) in [5.41, 5.74) is 6.83. The highest BCUT2D eigenvalue weighted by Crippen LogP contribution is 2.46. The van der Waals surface area contributed by atoms with E-state index in [0.717, 1.165) is 39.7 Å². The molecule has 3 aromatic carbocycles. The molecule has 0 aliphatic carbocycles. The number of aromatic amines is 1. The third kappa shape index (κ3) is 3.58. The van der Waals surface area contributed by atoms with Crippen molar-refractivity contribution in [1.29, 1.82) is 0 Å². The highest BCUT2D eigenvalue weighted by molar-refractivity contribution is 6.04. The van der Waals surface area contributed by atoms with Gasteiger partial charge in [-0.05, 0) is 43.5 Å². The van der Waals surface area contributed by atoms with Crippen LogP contribution in [0.2, 0.25) is 0 Å². The summed E-state index contributed by atoms with van der Waals surface area (Å²) < 4.78 is 0. The zero-order valence-corrected chi connectivity index (χ0v) is 19.8. The summed E-state index contributed by atoms with van der Waals surface area (Å²) in [4.78, 5) is 32.1. The number of fused-ring (bicyclic) bond motifs is 2. The van der Waals surface area contributed by atoms with Gasteiger partial charge in [-0.2, -0.15) is 0 Å². The number of carbonyl (C=O) groups excluding carboxylic acids is 2. The molecule has 0 saturated heterocycles. The summed E-state index contributed by atoms with van der Waals surface area (Å²) in [6.07, 6.45) is 0.843. The topological polar surface area (TPSA) is 65.2 Å². The number of hydrogen-bond acceptors (Lipinski definition) is 2. The number of nitrogens with one attached hydrogen (secondary N) is 2. The van der Waals surface area contributed by atoms with E-state index in [1.165, 1.54) is 5.56 Å². The minimum Gasteiger partial charge on any atom is -0.354 e. The fourth-order valence-corrected chi connectivity index (χ4v) is 4.95. The third-order valence-corrected chi connectivity index (χ3v) is 6.70. The van der Waals surface area contributed by atoms with Gasteiger partial charge in [0.15, 0.2) is 0 Å². The maximum atomic E-state index is 13.7. The van der Waals surface area contributed by atoms with Crippen molar-refractivity contribution in [2.45, 2.75) is 39.3 Å². The van der Waals surface area contributed by atoms with E-state index in [4.69, 9.17) is 0 Å². The first-order valence-corrected chi connectivity index (χ1v) is 11.9. The Morgan fingerprint density at radius 3 is 2.50 bits per heavy atom. The second kappa shape index (κ2) is 8.82. The maximum Gasteiger partial charge on any atom is 0.255 e. The molecular formula is C29H29N3O2. The third-order valence-electron chi connectivity index (χ3n) is 6.70. The number of hydrogen-bond donors (Lipinski definition) is 2. The molecule has 0 saturated carbocycles. The molecule has 4 aromatic rings. The van der Waals surface area contributed by atoms with Crippen LogP contribution in [0.1, 0.15) is 53.4 Å². The summed E-state index contributed by atoms with van der Waals surface area (Å²) in [6, 6.07) is 23.3. The molecule has 172 valence electrons. The van der Waals surface area contributed by atoms with Crippen molar-refractivity contribution in [3.63, 3.8) is 0 Å². The van der Waals surface area contributed by atoms with E-state index in [1.54, 1.807) is 4.90 Å². The second-order valence-corrected chi connectivity index (χ2v) is 8.99. The number of rotatable bonds is 6. The SMILES string of the molecule is CCCNC(=O)[C@@H](C)N1C(=O)c2ccccc2[C@@H]1c1c(-c2ccc(C)cc2)[nH]c2ccccc12. The molecule has 0 unspecified atom stereocenters. The van der Waals surface area contributed by atoms with Crippen molar-refractivity contribution in [2.75, 3.05) is 6.54 Å². The molecule has 0 fully saturated rings. The molecule has 1 aromatic heterocycles. The highest BCUT2D eigenvalue weighted by Gasteiger charge is 2.44. The van der Waals surface area contributed by atoms with Crippen LogP contribution in [0.4, 0.5) is 0 Å². The van der Waals surface area contributed by atoms with E-state index in [2.05, 4.69) is 53.6 Å². The Bertz CT molecular complexity index is 1370. The van der Waals surface area contributed by atoms with Crippen molar-refractivity contribution >= 4 is 22.7 Å². The van der Waals surface area contributed by atoms with Gasteiger partial charge in [-0.25, -0.2) is 0 Å². The van der Waals surface area contributed by atoms with Crippen LogP contribution in [0.5, 0.6) is 0 Å². The quantitative estimate of drug-likeness (QED) is 0.401. The average molecular weight is 452 g/mol. The molecule has 1 aliphatic heterocycles.